The normalized spacial score (nSPS) is 27.4. The second kappa shape index (κ2) is 36.7. The fourth-order valence-corrected chi connectivity index (χ4v) is 11.1. The van der Waals surface area contributed by atoms with Crippen molar-refractivity contribution in [3.05, 3.63) is 12.2 Å². The minimum atomic E-state index is -1.69. The number of amides is 10. The number of allylic oxidation sites excluding steroid dienone is 2. The Hall–Kier alpha value is -5.74. The summed E-state index contributed by atoms with van der Waals surface area (Å²) in [6.07, 6.45) is 1.72. The third-order valence-corrected chi connectivity index (χ3v) is 16.2. The molecule has 6 N–H and O–H groups in total. The van der Waals surface area contributed by atoms with E-state index in [0.29, 0.717) is 6.42 Å². The van der Waals surface area contributed by atoms with Crippen molar-refractivity contribution in [3.8, 4) is 0 Å². The Labute approximate surface area is 522 Å². The SMILES string of the molecule is C/C=C/CC(C)C(O)C1C(=O)OC(C)C(NP)C(=O)N(C)CC(=O)N(C)[C@@H](CC(C)C)C(=O)NC(CC(C)C)C(=O)N(C)C(CC(C)C)C(=O)NC(C)C(=O)NC(C)C(=O)N(C)C(CC(C)C)C(=O)NC(CC(C)C)C(=O)N(C)C(C(C)C)C(=O)N1C. The lowest BCUT2D eigenvalue weighted by Crippen LogP contribution is -2.62. The van der Waals surface area contributed by atoms with E-state index in [-0.39, 0.29) is 61.7 Å². The van der Waals surface area contributed by atoms with Crippen molar-refractivity contribution in [2.24, 2.45) is 41.4 Å². The second-order valence-corrected chi connectivity index (χ2v) is 26.8. The fraction of sp³-hybridized carbons (Fsp3) is 0.790. The number of likely N-dealkylation sites (N-methyl/N-ethyl adjacent to an activating group) is 6. The highest BCUT2D eigenvalue weighted by atomic mass is 31.0. The van der Waals surface area contributed by atoms with E-state index in [1.165, 1.54) is 82.7 Å². The lowest BCUT2D eigenvalue weighted by atomic mass is 9.92. The Balaban J connectivity index is 4.28. The Kier molecular flexibility index (Phi) is 33.4. The van der Waals surface area contributed by atoms with Crippen LogP contribution >= 0.6 is 9.39 Å². The molecule has 1 aliphatic rings. The summed E-state index contributed by atoms with van der Waals surface area (Å²) in [5, 5.41) is 25.9. The number of nitrogens with zero attached hydrogens (tertiary/aromatic N) is 6. The zero-order chi connectivity index (χ0) is 67.4. The number of aliphatic hydroxyl groups excluding tert-OH is 1. The van der Waals surface area contributed by atoms with Crippen LogP contribution in [0.25, 0.3) is 0 Å². The maximum absolute atomic E-state index is 15.0. The van der Waals surface area contributed by atoms with E-state index < -0.39 is 156 Å². The van der Waals surface area contributed by atoms with Gasteiger partial charge in [-0.3, -0.25) is 53.0 Å². The molecule has 0 spiro atoms. The third kappa shape index (κ3) is 23.6. The fourth-order valence-electron chi connectivity index (χ4n) is 10.7. The zero-order valence-corrected chi connectivity index (χ0v) is 57.8. The highest BCUT2D eigenvalue weighted by Gasteiger charge is 2.45. The highest BCUT2D eigenvalue weighted by Crippen LogP contribution is 2.25. The molecule has 0 aromatic rings. The van der Waals surface area contributed by atoms with Gasteiger partial charge in [-0.15, -0.1) is 0 Å². The van der Waals surface area contributed by atoms with Crippen LogP contribution in [0.1, 0.15) is 156 Å². The van der Waals surface area contributed by atoms with Gasteiger partial charge in [-0.05, 0) is 108 Å². The second-order valence-electron chi connectivity index (χ2n) is 26.5. The molecule has 0 radical (unpaired) electrons. The first-order valence-corrected chi connectivity index (χ1v) is 31.5. The summed E-state index contributed by atoms with van der Waals surface area (Å²) in [4.78, 5) is 166. The molecule has 498 valence electrons. The Morgan fingerprint density at radius 1 is 0.517 bits per heavy atom. The van der Waals surface area contributed by atoms with E-state index >= 15 is 4.79 Å². The molecule has 13 unspecified atom stereocenters. The number of ether oxygens (including phenoxy) is 1. The van der Waals surface area contributed by atoms with Crippen molar-refractivity contribution in [3.63, 3.8) is 0 Å². The van der Waals surface area contributed by atoms with Crippen LogP contribution in [0.4, 0.5) is 0 Å². The number of esters is 1. The lowest BCUT2D eigenvalue weighted by molar-refractivity contribution is -0.169. The summed E-state index contributed by atoms with van der Waals surface area (Å²) in [5.41, 5.74) is 0. The third-order valence-electron chi connectivity index (χ3n) is 15.9. The largest absolute Gasteiger partial charge is 0.459 e. The summed E-state index contributed by atoms with van der Waals surface area (Å²) in [5.74, 6) is -9.82. The predicted molar refractivity (Wildman–Crippen MR) is 338 cm³/mol. The average Bonchev–Trinajstić information content (AvgIpc) is 2.66. The summed E-state index contributed by atoms with van der Waals surface area (Å²) in [7, 11) is 10.6. The summed E-state index contributed by atoms with van der Waals surface area (Å²) < 4.78 is 5.99. The maximum Gasteiger partial charge on any atom is 0.331 e. The molecule has 1 heterocycles. The van der Waals surface area contributed by atoms with E-state index in [2.05, 4.69) is 35.7 Å². The van der Waals surface area contributed by atoms with Crippen molar-refractivity contribution in [2.45, 2.75) is 229 Å². The first-order valence-electron chi connectivity index (χ1n) is 30.9. The van der Waals surface area contributed by atoms with Gasteiger partial charge in [0, 0.05) is 42.3 Å². The van der Waals surface area contributed by atoms with E-state index in [1.807, 2.05) is 69.2 Å². The number of aliphatic hydroxyl groups is 1. The van der Waals surface area contributed by atoms with Gasteiger partial charge < -0.3 is 60.5 Å². The van der Waals surface area contributed by atoms with Crippen molar-refractivity contribution >= 4 is 74.4 Å². The molecule has 0 aliphatic carbocycles. The van der Waals surface area contributed by atoms with Gasteiger partial charge in [0.15, 0.2) is 6.04 Å². The zero-order valence-electron chi connectivity index (χ0n) is 56.7. The topological polar surface area (TPSA) is 297 Å². The molecule has 87 heavy (non-hydrogen) atoms. The number of nitrogens with one attached hydrogen (secondary N) is 5. The quantitative estimate of drug-likeness (QED) is 0.0736. The van der Waals surface area contributed by atoms with Gasteiger partial charge in [-0.2, -0.15) is 0 Å². The molecule has 1 rings (SSSR count). The van der Waals surface area contributed by atoms with Crippen LogP contribution < -0.4 is 26.4 Å². The number of hydrogen-bond donors (Lipinski definition) is 6. The van der Waals surface area contributed by atoms with Crippen LogP contribution in [-0.4, -0.2) is 221 Å². The minimum Gasteiger partial charge on any atom is -0.459 e. The standard InChI is InChI=1S/C62H112N11O13P/c1-24-25-26-39(14)52(75)51-62(85)86-42(17)49(67-87)60(83)68(18)32-48(74)69(19)45(29-35(6)7)55(78)65-43(27-33(2)3)58(81)71(21)46(30-36(8)9)54(77)63-40(15)53(76)64-41(16)57(80)70(20)47(31-37(10)11)56(79)66-44(28-34(4)5)59(82)72(22)50(38(12)13)61(84)73(51)23/h24-25,33-47,49-52,67,75H,26-32,87H2,1-23H3,(H,63,77)(H,64,76)(H,65,78)(H,66,79)/b25-24+/t39?,40?,41?,42?,43?,44?,45-,46?,47?,49?,50?,51?,52?/m0/s1. The summed E-state index contributed by atoms with van der Waals surface area (Å²) >= 11 is 0. The van der Waals surface area contributed by atoms with Crippen LogP contribution in [-0.2, 0) is 57.5 Å². The molecule has 10 amide bonds. The van der Waals surface area contributed by atoms with Gasteiger partial charge in [0.2, 0.25) is 59.1 Å². The number of carbonyl (C=O) groups excluding carboxylic acids is 11. The number of rotatable bonds is 16. The molecule has 25 heteroatoms. The van der Waals surface area contributed by atoms with Crippen molar-refractivity contribution in [2.75, 3.05) is 48.8 Å². The Bertz CT molecular complexity index is 2370. The molecular formula is C62H112N11O13P. The smallest absolute Gasteiger partial charge is 0.331 e. The minimum absolute atomic E-state index is 0.110. The van der Waals surface area contributed by atoms with Gasteiger partial charge in [0.25, 0.3) is 0 Å². The van der Waals surface area contributed by atoms with Gasteiger partial charge >= 0.3 is 5.97 Å². The Morgan fingerprint density at radius 3 is 1.32 bits per heavy atom. The molecular weight excluding hydrogens is 1140 g/mol. The van der Waals surface area contributed by atoms with Gasteiger partial charge in [-0.1, -0.05) is 112 Å². The van der Waals surface area contributed by atoms with Crippen LogP contribution in [0.15, 0.2) is 12.2 Å². The molecule has 0 saturated carbocycles. The predicted octanol–water partition coefficient (Wildman–Crippen LogP) is 3.10. The molecule has 0 bridgehead atoms. The van der Waals surface area contributed by atoms with Crippen LogP contribution in [0.2, 0.25) is 0 Å². The monoisotopic (exact) mass is 1250 g/mol. The molecule has 1 fully saturated rings. The van der Waals surface area contributed by atoms with E-state index in [9.17, 15) is 53.1 Å². The van der Waals surface area contributed by atoms with Crippen molar-refractivity contribution < 1.29 is 62.6 Å². The first kappa shape index (κ1) is 79.3. The molecule has 1 aliphatic heterocycles. The van der Waals surface area contributed by atoms with Gasteiger partial charge in [0.05, 0.1) is 12.6 Å². The van der Waals surface area contributed by atoms with Crippen molar-refractivity contribution in [1.29, 1.82) is 0 Å². The van der Waals surface area contributed by atoms with Crippen molar-refractivity contribution in [1.82, 2.24) is 55.8 Å². The van der Waals surface area contributed by atoms with E-state index in [0.717, 1.165) is 9.80 Å². The maximum atomic E-state index is 15.0. The van der Waals surface area contributed by atoms with Crippen LogP contribution in [0.3, 0.4) is 0 Å². The number of carbonyl (C=O) groups is 11. The number of cyclic esters (lactones) is 1. The molecule has 0 aromatic heterocycles. The van der Waals surface area contributed by atoms with Gasteiger partial charge in [0.1, 0.15) is 60.5 Å². The lowest BCUT2D eigenvalue weighted by Gasteiger charge is -2.40. The van der Waals surface area contributed by atoms with Gasteiger partial charge in [-0.25, -0.2) is 4.79 Å². The molecule has 0 aromatic carbocycles. The van der Waals surface area contributed by atoms with Crippen LogP contribution in [0.5, 0.6) is 0 Å². The van der Waals surface area contributed by atoms with E-state index in [1.54, 1.807) is 39.8 Å². The summed E-state index contributed by atoms with van der Waals surface area (Å²) in [6, 6.07) is -12.6. The average molecular weight is 1250 g/mol. The van der Waals surface area contributed by atoms with Crippen LogP contribution in [0, 0.1) is 41.4 Å². The highest BCUT2D eigenvalue weighted by molar-refractivity contribution is 7.13. The first-order chi connectivity index (χ1) is 40.2. The molecule has 24 nitrogen and oxygen atoms in total. The summed E-state index contributed by atoms with van der Waals surface area (Å²) in [6.45, 7) is 29.2. The van der Waals surface area contributed by atoms with E-state index in [4.69, 9.17) is 4.74 Å². The molecule has 14 atom stereocenters. The Morgan fingerprint density at radius 2 is 0.908 bits per heavy atom. The number of hydrogen-bond acceptors (Lipinski definition) is 14. The molecule has 1 saturated heterocycles.